The van der Waals surface area contributed by atoms with E-state index in [1.807, 2.05) is 0 Å². The molecule has 0 aliphatic rings. The molecule has 0 aromatic heterocycles. The second-order valence-electron chi connectivity index (χ2n) is 2.84. The van der Waals surface area contributed by atoms with Gasteiger partial charge in [0.1, 0.15) is 5.82 Å². The molecule has 0 fully saturated rings. The number of halogens is 2. The van der Waals surface area contributed by atoms with Crippen LogP contribution in [0.3, 0.4) is 0 Å². The van der Waals surface area contributed by atoms with Gasteiger partial charge in [-0.1, -0.05) is 18.5 Å². The summed E-state index contributed by atoms with van der Waals surface area (Å²) in [5, 5.41) is 0.264. The summed E-state index contributed by atoms with van der Waals surface area (Å²) >= 11 is 5.63. The molecular weight excluding hydrogens is 191 g/mol. The molecular formula is C10H10ClFO. The third kappa shape index (κ3) is 2.07. The van der Waals surface area contributed by atoms with Crippen LogP contribution < -0.4 is 0 Å². The fourth-order valence-electron chi connectivity index (χ4n) is 1.13. The molecule has 13 heavy (non-hydrogen) atoms. The Morgan fingerprint density at radius 1 is 1.54 bits per heavy atom. The molecule has 0 spiro atoms. The van der Waals surface area contributed by atoms with Crippen molar-refractivity contribution >= 4 is 17.4 Å². The molecule has 70 valence electrons. The van der Waals surface area contributed by atoms with Crippen LogP contribution >= 0.6 is 11.6 Å². The van der Waals surface area contributed by atoms with Crippen LogP contribution in [0, 0.1) is 12.7 Å². The second-order valence-corrected chi connectivity index (χ2v) is 3.27. The molecule has 0 aliphatic carbocycles. The number of Topliss-reactive ketones (excluding diaryl/α,β-unsaturated/α-hetero) is 1. The Labute approximate surface area is 81.5 Å². The van der Waals surface area contributed by atoms with Crippen LogP contribution in [-0.2, 0) is 0 Å². The largest absolute Gasteiger partial charge is 0.294 e. The zero-order chi connectivity index (χ0) is 10.0. The van der Waals surface area contributed by atoms with Crippen molar-refractivity contribution in [3.63, 3.8) is 0 Å². The Kier molecular flexibility index (Phi) is 3.04. The van der Waals surface area contributed by atoms with Crippen molar-refractivity contribution in [3.05, 3.63) is 34.1 Å². The number of hydrogen-bond acceptors (Lipinski definition) is 1. The molecule has 0 aliphatic heterocycles. The second kappa shape index (κ2) is 3.88. The molecule has 1 rings (SSSR count). The smallest absolute Gasteiger partial charge is 0.163 e. The molecule has 0 amide bonds. The summed E-state index contributed by atoms with van der Waals surface area (Å²) in [4.78, 5) is 11.3. The van der Waals surface area contributed by atoms with Gasteiger partial charge >= 0.3 is 0 Å². The van der Waals surface area contributed by atoms with E-state index >= 15 is 0 Å². The molecule has 3 heteroatoms. The molecule has 1 nitrogen and oxygen atoms in total. The number of benzene rings is 1. The lowest BCUT2D eigenvalue weighted by molar-refractivity contribution is 0.0987. The quantitative estimate of drug-likeness (QED) is 0.669. The molecule has 0 unspecified atom stereocenters. The summed E-state index contributed by atoms with van der Waals surface area (Å²) in [6, 6.07) is 2.72. The van der Waals surface area contributed by atoms with Gasteiger partial charge in [-0.05, 0) is 24.6 Å². The summed E-state index contributed by atoms with van der Waals surface area (Å²) in [6.45, 7) is 3.31. The van der Waals surface area contributed by atoms with Crippen LogP contribution in [0.2, 0.25) is 5.02 Å². The van der Waals surface area contributed by atoms with Crippen molar-refractivity contribution in [2.45, 2.75) is 20.3 Å². The van der Waals surface area contributed by atoms with Crippen LogP contribution in [-0.4, -0.2) is 5.78 Å². The van der Waals surface area contributed by atoms with E-state index in [2.05, 4.69) is 0 Å². The number of ketones is 1. The van der Waals surface area contributed by atoms with Gasteiger partial charge in [0, 0.05) is 17.0 Å². The van der Waals surface area contributed by atoms with Gasteiger partial charge in [0.25, 0.3) is 0 Å². The number of rotatable bonds is 2. The van der Waals surface area contributed by atoms with Crippen molar-refractivity contribution in [2.24, 2.45) is 0 Å². The highest BCUT2D eigenvalue weighted by Gasteiger charge is 2.11. The average molecular weight is 201 g/mol. The first kappa shape index (κ1) is 10.2. The Morgan fingerprint density at radius 2 is 2.15 bits per heavy atom. The van der Waals surface area contributed by atoms with Crippen molar-refractivity contribution < 1.29 is 9.18 Å². The van der Waals surface area contributed by atoms with E-state index in [0.717, 1.165) is 0 Å². The van der Waals surface area contributed by atoms with Gasteiger partial charge < -0.3 is 0 Å². The van der Waals surface area contributed by atoms with Gasteiger partial charge in [-0.15, -0.1) is 0 Å². The molecule has 1 aromatic rings. The Balaban J connectivity index is 3.28. The standard InChI is InChI=1S/C10H10ClFO/c1-3-10(13)8-4-7(11)5-9(12)6(8)2/h4-5H,3H2,1-2H3. The molecule has 0 radical (unpaired) electrons. The maximum absolute atomic E-state index is 13.1. The monoisotopic (exact) mass is 200 g/mol. The molecule has 1 aromatic carbocycles. The van der Waals surface area contributed by atoms with E-state index in [1.165, 1.54) is 12.1 Å². The van der Waals surface area contributed by atoms with Crippen LogP contribution in [0.5, 0.6) is 0 Å². The lowest BCUT2D eigenvalue weighted by Crippen LogP contribution is -2.01. The molecule has 0 N–H and O–H groups in total. The first-order chi connectivity index (χ1) is 6.06. The molecule has 0 atom stereocenters. The Bertz CT molecular complexity index is 347. The van der Waals surface area contributed by atoms with E-state index in [1.54, 1.807) is 13.8 Å². The van der Waals surface area contributed by atoms with Crippen molar-refractivity contribution in [1.82, 2.24) is 0 Å². The lowest BCUT2D eigenvalue weighted by atomic mass is 10.0. The van der Waals surface area contributed by atoms with Crippen molar-refractivity contribution in [1.29, 1.82) is 0 Å². The van der Waals surface area contributed by atoms with Gasteiger partial charge in [0.15, 0.2) is 5.78 Å². The van der Waals surface area contributed by atoms with Crippen molar-refractivity contribution in [3.8, 4) is 0 Å². The minimum Gasteiger partial charge on any atom is -0.294 e. The number of carbonyl (C=O) groups excluding carboxylic acids is 1. The number of hydrogen-bond donors (Lipinski definition) is 0. The normalized spacial score (nSPS) is 10.2. The van der Waals surface area contributed by atoms with Crippen LogP contribution in [0.4, 0.5) is 4.39 Å². The van der Waals surface area contributed by atoms with Gasteiger partial charge in [-0.25, -0.2) is 4.39 Å². The first-order valence-corrected chi connectivity index (χ1v) is 4.43. The molecule has 0 saturated heterocycles. The summed E-state index contributed by atoms with van der Waals surface area (Å²) < 4.78 is 13.1. The predicted octanol–water partition coefficient (Wildman–Crippen LogP) is 3.38. The third-order valence-electron chi connectivity index (χ3n) is 1.93. The topological polar surface area (TPSA) is 17.1 Å². The van der Waals surface area contributed by atoms with Crippen molar-refractivity contribution in [2.75, 3.05) is 0 Å². The summed E-state index contributed by atoms with van der Waals surface area (Å²) in [5.41, 5.74) is 0.753. The van der Waals surface area contributed by atoms with Gasteiger partial charge in [-0.2, -0.15) is 0 Å². The van der Waals surface area contributed by atoms with E-state index < -0.39 is 5.82 Å². The highest BCUT2D eigenvalue weighted by Crippen LogP contribution is 2.20. The number of carbonyl (C=O) groups is 1. The first-order valence-electron chi connectivity index (χ1n) is 4.05. The van der Waals surface area contributed by atoms with Crippen LogP contribution in [0.15, 0.2) is 12.1 Å². The minimum absolute atomic E-state index is 0.0844. The maximum atomic E-state index is 13.1. The maximum Gasteiger partial charge on any atom is 0.163 e. The van der Waals surface area contributed by atoms with Gasteiger partial charge in [0.2, 0.25) is 0 Å². The van der Waals surface area contributed by atoms with Gasteiger partial charge in [-0.3, -0.25) is 4.79 Å². The van der Waals surface area contributed by atoms with E-state index in [-0.39, 0.29) is 10.8 Å². The highest BCUT2D eigenvalue weighted by molar-refractivity contribution is 6.31. The zero-order valence-corrected chi connectivity index (χ0v) is 8.28. The fourth-order valence-corrected chi connectivity index (χ4v) is 1.33. The van der Waals surface area contributed by atoms with E-state index in [4.69, 9.17) is 11.6 Å². The summed E-state index contributed by atoms with van der Waals surface area (Å²) in [5.74, 6) is -0.511. The highest BCUT2D eigenvalue weighted by atomic mass is 35.5. The SMILES string of the molecule is CCC(=O)c1cc(Cl)cc(F)c1C. The summed E-state index contributed by atoms with van der Waals surface area (Å²) in [7, 11) is 0. The molecule has 0 bridgehead atoms. The Hall–Kier alpha value is -0.890. The van der Waals surface area contributed by atoms with Crippen LogP contribution in [0.25, 0.3) is 0 Å². The average Bonchev–Trinajstić information content (AvgIpc) is 2.10. The molecule has 0 heterocycles. The van der Waals surface area contributed by atoms with E-state index in [0.29, 0.717) is 17.5 Å². The Morgan fingerprint density at radius 3 is 2.69 bits per heavy atom. The van der Waals surface area contributed by atoms with E-state index in [9.17, 15) is 9.18 Å². The zero-order valence-electron chi connectivity index (χ0n) is 7.53. The predicted molar refractivity (Wildman–Crippen MR) is 50.8 cm³/mol. The minimum atomic E-state index is -0.427. The van der Waals surface area contributed by atoms with Gasteiger partial charge in [0.05, 0.1) is 0 Å². The lowest BCUT2D eigenvalue weighted by Gasteiger charge is -2.04. The third-order valence-corrected chi connectivity index (χ3v) is 2.15. The fraction of sp³-hybridized carbons (Fsp3) is 0.300. The summed E-state index contributed by atoms with van der Waals surface area (Å²) in [6.07, 6.45) is 0.362. The molecule has 0 saturated carbocycles. The van der Waals surface area contributed by atoms with Crippen LogP contribution in [0.1, 0.15) is 29.3 Å².